The summed E-state index contributed by atoms with van der Waals surface area (Å²) in [5.74, 6) is -1.29. The molecule has 0 spiro atoms. The molecular weight excluding hydrogens is 316 g/mol. The minimum Gasteiger partial charge on any atom is -0.503 e. The van der Waals surface area contributed by atoms with Crippen LogP contribution in [-0.2, 0) is 9.59 Å². The third-order valence-electron chi connectivity index (χ3n) is 4.57. The Hall–Kier alpha value is -2.30. The predicted octanol–water partition coefficient (Wildman–Crippen LogP) is 3.47. The standard InChI is InChI=1S/C20H28N2O3/c1-6-7-12-22-17(14-8-10-15(11-9-14)21(4)5)16(18(23)13(2)3)19(24)20(22)25/h8-11,13,17,24H,6-7,12H2,1-5H3. The Morgan fingerprint density at radius 2 is 1.84 bits per heavy atom. The summed E-state index contributed by atoms with van der Waals surface area (Å²) in [6.07, 6.45) is 1.76. The normalized spacial score (nSPS) is 17.6. The number of rotatable bonds is 7. The van der Waals surface area contributed by atoms with Gasteiger partial charge in [0.25, 0.3) is 5.91 Å². The molecule has 2 rings (SSSR count). The third-order valence-corrected chi connectivity index (χ3v) is 4.57. The summed E-state index contributed by atoms with van der Waals surface area (Å²) in [6, 6.07) is 7.27. The Morgan fingerprint density at radius 1 is 1.24 bits per heavy atom. The lowest BCUT2D eigenvalue weighted by Crippen LogP contribution is -2.32. The Bertz CT molecular complexity index is 675. The lowest BCUT2D eigenvalue weighted by Gasteiger charge is -2.27. The second-order valence-corrected chi connectivity index (χ2v) is 7.02. The van der Waals surface area contributed by atoms with Crippen LogP contribution < -0.4 is 4.90 Å². The number of ketones is 1. The Kier molecular flexibility index (Phi) is 5.88. The molecule has 1 unspecified atom stereocenters. The maximum absolute atomic E-state index is 12.7. The van der Waals surface area contributed by atoms with Crippen LogP contribution in [0, 0.1) is 5.92 Å². The van der Waals surface area contributed by atoms with Crippen LogP contribution in [0.4, 0.5) is 5.69 Å². The second-order valence-electron chi connectivity index (χ2n) is 7.02. The molecule has 0 aromatic heterocycles. The number of hydrogen-bond acceptors (Lipinski definition) is 4. The van der Waals surface area contributed by atoms with Gasteiger partial charge in [-0.15, -0.1) is 0 Å². The van der Waals surface area contributed by atoms with E-state index in [0.717, 1.165) is 24.1 Å². The highest BCUT2D eigenvalue weighted by Gasteiger charge is 2.43. The van der Waals surface area contributed by atoms with Crippen LogP contribution in [0.15, 0.2) is 35.6 Å². The van der Waals surface area contributed by atoms with Crippen molar-refractivity contribution in [3.8, 4) is 0 Å². The van der Waals surface area contributed by atoms with Gasteiger partial charge in [0.1, 0.15) is 0 Å². The molecule has 0 radical (unpaired) electrons. The van der Waals surface area contributed by atoms with E-state index < -0.39 is 17.7 Å². The SMILES string of the molecule is CCCCN1C(=O)C(O)=C(C(=O)C(C)C)C1c1ccc(N(C)C)cc1. The van der Waals surface area contributed by atoms with E-state index in [1.165, 1.54) is 0 Å². The van der Waals surface area contributed by atoms with Gasteiger partial charge in [-0.2, -0.15) is 0 Å². The van der Waals surface area contributed by atoms with Gasteiger partial charge >= 0.3 is 0 Å². The first kappa shape index (κ1) is 19.0. The smallest absolute Gasteiger partial charge is 0.290 e. The molecule has 0 bridgehead atoms. The molecule has 136 valence electrons. The predicted molar refractivity (Wildman–Crippen MR) is 99.6 cm³/mol. The summed E-state index contributed by atoms with van der Waals surface area (Å²) in [5.41, 5.74) is 2.12. The maximum Gasteiger partial charge on any atom is 0.290 e. The molecule has 5 heteroatoms. The van der Waals surface area contributed by atoms with Gasteiger partial charge in [0.15, 0.2) is 11.5 Å². The molecule has 25 heavy (non-hydrogen) atoms. The van der Waals surface area contributed by atoms with Crippen molar-refractivity contribution in [1.82, 2.24) is 4.90 Å². The average molecular weight is 344 g/mol. The zero-order valence-corrected chi connectivity index (χ0v) is 15.7. The number of unbranched alkanes of at least 4 members (excludes halogenated alkanes) is 1. The third kappa shape index (κ3) is 3.70. The fourth-order valence-corrected chi connectivity index (χ4v) is 3.08. The van der Waals surface area contributed by atoms with Gasteiger partial charge < -0.3 is 14.9 Å². The molecule has 0 saturated heterocycles. The van der Waals surface area contributed by atoms with Crippen LogP contribution in [-0.4, -0.2) is 42.3 Å². The minimum absolute atomic E-state index is 0.175. The van der Waals surface area contributed by atoms with Gasteiger partial charge in [-0.25, -0.2) is 0 Å². The van der Waals surface area contributed by atoms with Gasteiger partial charge in [0.2, 0.25) is 0 Å². The van der Waals surface area contributed by atoms with Crippen molar-refractivity contribution < 1.29 is 14.7 Å². The number of carbonyl (C=O) groups excluding carboxylic acids is 2. The van der Waals surface area contributed by atoms with Crippen molar-refractivity contribution in [3.05, 3.63) is 41.2 Å². The Labute approximate surface area is 149 Å². The Morgan fingerprint density at radius 3 is 2.32 bits per heavy atom. The van der Waals surface area contributed by atoms with Gasteiger partial charge in [-0.1, -0.05) is 39.3 Å². The minimum atomic E-state index is -0.509. The lowest BCUT2D eigenvalue weighted by molar-refractivity contribution is -0.129. The quantitative estimate of drug-likeness (QED) is 0.823. The van der Waals surface area contributed by atoms with Crippen LogP contribution in [0.5, 0.6) is 0 Å². The van der Waals surface area contributed by atoms with Gasteiger partial charge in [-0.05, 0) is 24.1 Å². The molecule has 1 atom stereocenters. The molecule has 0 fully saturated rings. The van der Waals surface area contributed by atoms with E-state index >= 15 is 0 Å². The lowest BCUT2D eigenvalue weighted by atomic mass is 9.91. The summed E-state index contributed by atoms with van der Waals surface area (Å²) < 4.78 is 0. The van der Waals surface area contributed by atoms with Crippen LogP contribution in [0.25, 0.3) is 0 Å². The van der Waals surface area contributed by atoms with Crippen LogP contribution >= 0.6 is 0 Å². The highest BCUT2D eigenvalue weighted by atomic mass is 16.3. The average Bonchev–Trinajstić information content (AvgIpc) is 2.83. The fraction of sp³-hybridized carbons (Fsp3) is 0.500. The molecule has 1 aliphatic heterocycles. The number of aliphatic hydroxyl groups is 1. The van der Waals surface area contributed by atoms with E-state index in [9.17, 15) is 14.7 Å². The number of hydrogen-bond donors (Lipinski definition) is 1. The van der Waals surface area contributed by atoms with Gasteiger partial charge in [0.05, 0.1) is 11.6 Å². The van der Waals surface area contributed by atoms with Crippen molar-refractivity contribution in [1.29, 1.82) is 0 Å². The van der Waals surface area contributed by atoms with Crippen molar-refractivity contribution in [2.45, 2.75) is 39.7 Å². The van der Waals surface area contributed by atoms with Gasteiger partial charge in [-0.3, -0.25) is 9.59 Å². The highest BCUT2D eigenvalue weighted by Crippen LogP contribution is 2.39. The van der Waals surface area contributed by atoms with E-state index in [4.69, 9.17) is 0 Å². The first-order valence-electron chi connectivity index (χ1n) is 8.85. The van der Waals surface area contributed by atoms with E-state index in [1.807, 2.05) is 43.3 Å². The molecule has 1 aromatic carbocycles. The molecule has 1 amide bonds. The van der Waals surface area contributed by atoms with E-state index in [2.05, 4.69) is 6.92 Å². The molecule has 1 N–H and O–H groups in total. The van der Waals surface area contributed by atoms with E-state index in [-0.39, 0.29) is 17.3 Å². The summed E-state index contributed by atoms with van der Waals surface area (Å²) >= 11 is 0. The van der Waals surface area contributed by atoms with Crippen LogP contribution in [0.1, 0.15) is 45.2 Å². The van der Waals surface area contributed by atoms with Crippen molar-refractivity contribution >= 4 is 17.4 Å². The summed E-state index contributed by atoms with van der Waals surface area (Å²) in [4.78, 5) is 28.9. The number of nitrogens with zero attached hydrogens (tertiary/aromatic N) is 2. The van der Waals surface area contributed by atoms with E-state index in [0.29, 0.717) is 6.54 Å². The topological polar surface area (TPSA) is 60.9 Å². The molecule has 0 aliphatic carbocycles. The number of Topliss-reactive ketones (excluding diaryl/α,β-unsaturated/α-hetero) is 1. The number of amides is 1. The number of carbonyl (C=O) groups is 2. The molecule has 0 saturated carbocycles. The number of anilines is 1. The van der Waals surface area contributed by atoms with Crippen LogP contribution in [0.3, 0.4) is 0 Å². The first-order chi connectivity index (χ1) is 11.8. The van der Waals surface area contributed by atoms with Crippen molar-refractivity contribution in [2.24, 2.45) is 5.92 Å². The molecule has 1 aliphatic rings. The van der Waals surface area contributed by atoms with Gasteiger partial charge in [0, 0.05) is 32.2 Å². The fourth-order valence-electron chi connectivity index (χ4n) is 3.08. The summed E-state index contributed by atoms with van der Waals surface area (Å²) in [7, 11) is 3.92. The number of aliphatic hydroxyl groups excluding tert-OH is 1. The summed E-state index contributed by atoms with van der Waals surface area (Å²) in [5, 5.41) is 10.4. The second kappa shape index (κ2) is 7.72. The Balaban J connectivity index is 2.48. The summed E-state index contributed by atoms with van der Waals surface area (Å²) in [6.45, 7) is 6.14. The highest BCUT2D eigenvalue weighted by molar-refractivity contribution is 6.09. The zero-order chi connectivity index (χ0) is 18.7. The largest absolute Gasteiger partial charge is 0.503 e. The molecule has 1 aromatic rings. The zero-order valence-electron chi connectivity index (χ0n) is 15.7. The molecule has 1 heterocycles. The van der Waals surface area contributed by atoms with Crippen molar-refractivity contribution in [2.75, 3.05) is 25.5 Å². The number of benzene rings is 1. The maximum atomic E-state index is 12.7. The van der Waals surface area contributed by atoms with E-state index in [1.54, 1.807) is 18.7 Å². The van der Waals surface area contributed by atoms with Crippen molar-refractivity contribution in [3.63, 3.8) is 0 Å². The van der Waals surface area contributed by atoms with Crippen LogP contribution in [0.2, 0.25) is 0 Å². The monoisotopic (exact) mass is 344 g/mol. The first-order valence-corrected chi connectivity index (χ1v) is 8.85. The molecular formula is C20H28N2O3. The molecule has 5 nitrogen and oxygen atoms in total.